The topological polar surface area (TPSA) is 38.3 Å². The Hall–Kier alpha value is -1.81. The maximum Gasteiger partial charge on any atom is 0.251 e. The Balaban J connectivity index is 2.13. The van der Waals surface area contributed by atoms with Crippen LogP contribution in [0.4, 0.5) is 0 Å². The lowest BCUT2D eigenvalue weighted by Crippen LogP contribution is -2.26. The van der Waals surface area contributed by atoms with Crippen LogP contribution in [0.2, 0.25) is 0 Å². The van der Waals surface area contributed by atoms with Crippen molar-refractivity contribution in [3.8, 4) is 5.75 Å². The summed E-state index contributed by atoms with van der Waals surface area (Å²) in [4.78, 5) is 12.4. The minimum Gasteiger partial charge on any atom is -0.496 e. The van der Waals surface area contributed by atoms with Crippen molar-refractivity contribution in [3.05, 3.63) is 63.1 Å². The number of benzene rings is 2. The average Bonchev–Trinajstić information content (AvgIpc) is 2.49. The Bertz CT molecular complexity index is 697. The van der Waals surface area contributed by atoms with Crippen LogP contribution >= 0.6 is 15.9 Å². The van der Waals surface area contributed by atoms with Gasteiger partial charge in [0.25, 0.3) is 5.91 Å². The molecule has 2 aromatic rings. The van der Waals surface area contributed by atoms with Crippen LogP contribution in [0.15, 0.2) is 40.9 Å². The number of ether oxygens (including phenoxy) is 1. The lowest BCUT2D eigenvalue weighted by Gasteiger charge is -2.16. The Morgan fingerprint density at radius 3 is 2.45 bits per heavy atom. The molecule has 1 atom stereocenters. The lowest BCUT2D eigenvalue weighted by molar-refractivity contribution is 0.0940. The molecule has 4 heteroatoms. The average molecular weight is 362 g/mol. The SMILES string of the molecule is COc1ccc([C@@H](C)NC(=O)c2ccc(C)c(C)c2)cc1Br. The molecule has 22 heavy (non-hydrogen) atoms. The van der Waals surface area contributed by atoms with Gasteiger partial charge >= 0.3 is 0 Å². The number of nitrogens with one attached hydrogen (secondary N) is 1. The van der Waals surface area contributed by atoms with E-state index in [1.807, 2.05) is 57.2 Å². The molecule has 0 aromatic heterocycles. The van der Waals surface area contributed by atoms with Crippen LogP contribution in [0, 0.1) is 13.8 Å². The van der Waals surface area contributed by atoms with Crippen molar-refractivity contribution in [2.75, 3.05) is 7.11 Å². The van der Waals surface area contributed by atoms with Gasteiger partial charge in [-0.1, -0.05) is 12.1 Å². The predicted molar refractivity (Wildman–Crippen MR) is 92.5 cm³/mol. The third-order valence-corrected chi connectivity index (χ3v) is 4.41. The van der Waals surface area contributed by atoms with Crippen molar-refractivity contribution in [2.45, 2.75) is 26.8 Å². The van der Waals surface area contributed by atoms with Gasteiger partial charge < -0.3 is 10.1 Å². The highest BCUT2D eigenvalue weighted by atomic mass is 79.9. The summed E-state index contributed by atoms with van der Waals surface area (Å²) in [6, 6.07) is 11.5. The number of aryl methyl sites for hydroxylation is 2. The van der Waals surface area contributed by atoms with Gasteiger partial charge in [-0.3, -0.25) is 4.79 Å². The van der Waals surface area contributed by atoms with Gasteiger partial charge in [0.15, 0.2) is 0 Å². The molecule has 1 N–H and O–H groups in total. The largest absolute Gasteiger partial charge is 0.496 e. The number of halogens is 1. The van der Waals surface area contributed by atoms with Crippen LogP contribution in [0.5, 0.6) is 5.75 Å². The number of methoxy groups -OCH3 is 1. The second-order valence-electron chi connectivity index (χ2n) is 5.39. The van der Waals surface area contributed by atoms with Gasteiger partial charge in [-0.25, -0.2) is 0 Å². The van der Waals surface area contributed by atoms with Crippen molar-refractivity contribution >= 4 is 21.8 Å². The summed E-state index contributed by atoms with van der Waals surface area (Å²) in [5.41, 5.74) is 4.00. The van der Waals surface area contributed by atoms with Crippen LogP contribution in [-0.4, -0.2) is 13.0 Å². The van der Waals surface area contributed by atoms with Crippen LogP contribution < -0.4 is 10.1 Å². The number of carbonyl (C=O) groups excluding carboxylic acids is 1. The van der Waals surface area contributed by atoms with Gasteiger partial charge in [-0.2, -0.15) is 0 Å². The zero-order chi connectivity index (χ0) is 16.3. The summed E-state index contributed by atoms with van der Waals surface area (Å²) in [5, 5.41) is 3.02. The van der Waals surface area contributed by atoms with E-state index in [-0.39, 0.29) is 11.9 Å². The van der Waals surface area contributed by atoms with E-state index >= 15 is 0 Å². The van der Waals surface area contributed by atoms with Crippen molar-refractivity contribution in [2.24, 2.45) is 0 Å². The first-order valence-corrected chi connectivity index (χ1v) is 7.93. The highest BCUT2D eigenvalue weighted by Gasteiger charge is 2.13. The maximum absolute atomic E-state index is 12.4. The molecule has 0 bridgehead atoms. The Labute approximate surface area is 139 Å². The highest BCUT2D eigenvalue weighted by Crippen LogP contribution is 2.28. The van der Waals surface area contributed by atoms with Gasteiger partial charge in [0.05, 0.1) is 17.6 Å². The standard InChI is InChI=1S/C18H20BrNO2/c1-11-5-6-15(9-12(11)2)18(21)20-13(3)14-7-8-17(22-4)16(19)10-14/h5-10,13H,1-4H3,(H,20,21)/t13-/m1/s1. The first-order valence-electron chi connectivity index (χ1n) is 7.14. The molecule has 0 spiro atoms. The van der Waals surface area contributed by atoms with Crippen molar-refractivity contribution < 1.29 is 9.53 Å². The van der Waals surface area contributed by atoms with Gasteiger partial charge in [0.2, 0.25) is 0 Å². The molecule has 2 rings (SSSR count). The normalized spacial score (nSPS) is 11.9. The minimum absolute atomic E-state index is 0.0671. The first-order chi connectivity index (χ1) is 10.4. The molecule has 0 saturated carbocycles. The zero-order valence-corrected chi connectivity index (χ0v) is 14.8. The summed E-state index contributed by atoms with van der Waals surface area (Å²) >= 11 is 3.47. The van der Waals surface area contributed by atoms with E-state index in [4.69, 9.17) is 4.74 Å². The molecule has 0 aliphatic rings. The third-order valence-electron chi connectivity index (χ3n) is 3.79. The Morgan fingerprint density at radius 1 is 1.14 bits per heavy atom. The lowest BCUT2D eigenvalue weighted by atomic mass is 10.0. The maximum atomic E-state index is 12.4. The molecule has 0 saturated heterocycles. The Morgan fingerprint density at radius 2 is 1.86 bits per heavy atom. The molecular formula is C18H20BrNO2. The number of amides is 1. The fourth-order valence-electron chi connectivity index (χ4n) is 2.20. The first kappa shape index (κ1) is 16.6. The van der Waals surface area contributed by atoms with E-state index in [2.05, 4.69) is 21.2 Å². The van der Waals surface area contributed by atoms with Gasteiger partial charge in [0, 0.05) is 5.56 Å². The fraction of sp³-hybridized carbons (Fsp3) is 0.278. The van der Waals surface area contributed by atoms with Crippen molar-refractivity contribution in [1.29, 1.82) is 0 Å². The highest BCUT2D eigenvalue weighted by molar-refractivity contribution is 9.10. The second kappa shape index (κ2) is 6.97. The molecule has 0 aliphatic heterocycles. The number of carbonyl (C=O) groups is 1. The molecule has 1 amide bonds. The molecule has 2 aromatic carbocycles. The van der Waals surface area contributed by atoms with E-state index in [1.165, 1.54) is 5.56 Å². The van der Waals surface area contributed by atoms with E-state index in [0.29, 0.717) is 5.56 Å². The molecule has 0 fully saturated rings. The van der Waals surface area contributed by atoms with Crippen molar-refractivity contribution in [1.82, 2.24) is 5.32 Å². The van der Waals surface area contributed by atoms with Crippen LogP contribution in [0.1, 0.15) is 40.0 Å². The molecule has 0 aliphatic carbocycles. The van der Waals surface area contributed by atoms with Crippen molar-refractivity contribution in [3.63, 3.8) is 0 Å². The van der Waals surface area contributed by atoms with Gasteiger partial charge in [-0.05, 0) is 77.7 Å². The van der Waals surface area contributed by atoms with Crippen LogP contribution in [0.25, 0.3) is 0 Å². The van der Waals surface area contributed by atoms with Gasteiger partial charge in [-0.15, -0.1) is 0 Å². The number of hydrogen-bond donors (Lipinski definition) is 1. The molecule has 3 nitrogen and oxygen atoms in total. The predicted octanol–water partition coefficient (Wildman–Crippen LogP) is 4.57. The van der Waals surface area contributed by atoms with E-state index in [0.717, 1.165) is 21.3 Å². The molecular weight excluding hydrogens is 342 g/mol. The van der Waals surface area contributed by atoms with E-state index in [1.54, 1.807) is 7.11 Å². The Kier molecular flexibility index (Phi) is 5.24. The summed E-state index contributed by atoms with van der Waals surface area (Å²) in [7, 11) is 1.63. The molecule has 0 heterocycles. The monoisotopic (exact) mass is 361 g/mol. The number of hydrogen-bond acceptors (Lipinski definition) is 2. The van der Waals surface area contributed by atoms with E-state index < -0.39 is 0 Å². The summed E-state index contributed by atoms with van der Waals surface area (Å²) in [6.07, 6.45) is 0. The zero-order valence-electron chi connectivity index (χ0n) is 13.2. The minimum atomic E-state index is -0.0867. The fourth-order valence-corrected chi connectivity index (χ4v) is 2.76. The summed E-state index contributed by atoms with van der Waals surface area (Å²) in [6.45, 7) is 6.01. The summed E-state index contributed by atoms with van der Waals surface area (Å²) < 4.78 is 6.10. The van der Waals surface area contributed by atoms with Gasteiger partial charge in [0.1, 0.15) is 5.75 Å². The number of rotatable bonds is 4. The summed E-state index contributed by atoms with van der Waals surface area (Å²) in [5.74, 6) is 0.707. The quantitative estimate of drug-likeness (QED) is 0.866. The molecule has 0 unspecified atom stereocenters. The second-order valence-corrected chi connectivity index (χ2v) is 6.24. The van der Waals surface area contributed by atoms with E-state index in [9.17, 15) is 4.79 Å². The van der Waals surface area contributed by atoms with Crippen LogP contribution in [-0.2, 0) is 0 Å². The molecule has 116 valence electrons. The molecule has 0 radical (unpaired) electrons. The third kappa shape index (κ3) is 3.69. The smallest absolute Gasteiger partial charge is 0.251 e. The van der Waals surface area contributed by atoms with Crippen LogP contribution in [0.3, 0.4) is 0 Å².